The van der Waals surface area contributed by atoms with Gasteiger partial charge in [-0.05, 0) is 12.1 Å². The standard InChI is InChI=1S/C9H8O4.2Ag/c1-6(10)13-8-5-3-2-4-7(8)9(11)12;;/h2-5H,1H3,(H,11,12);;. The van der Waals surface area contributed by atoms with Crippen LogP contribution in [0.1, 0.15) is 17.3 Å². The van der Waals surface area contributed by atoms with Gasteiger partial charge in [0.05, 0.1) is 0 Å². The maximum Gasteiger partial charge on any atom is 0.339 e. The Balaban J connectivity index is 0. The topological polar surface area (TPSA) is 63.6 Å². The molecule has 0 bridgehead atoms. The molecule has 0 aromatic heterocycles. The fraction of sp³-hybridized carbons (Fsp3) is 0.111. The van der Waals surface area contributed by atoms with Crippen LogP contribution in [0.5, 0.6) is 5.75 Å². The minimum atomic E-state index is -1.11. The first kappa shape index (κ1) is 17.0. The summed E-state index contributed by atoms with van der Waals surface area (Å²) in [5.41, 5.74) is -0.0160. The van der Waals surface area contributed by atoms with Gasteiger partial charge in [-0.3, -0.25) is 4.79 Å². The van der Waals surface area contributed by atoms with Crippen LogP contribution in [-0.2, 0) is 49.6 Å². The predicted octanol–water partition coefficient (Wildman–Crippen LogP) is 1.31. The molecule has 90 valence electrons. The molecule has 0 unspecified atom stereocenters. The summed E-state index contributed by atoms with van der Waals surface area (Å²) in [5.74, 6) is -1.58. The fourth-order valence-electron chi connectivity index (χ4n) is 0.887. The number of carbonyl (C=O) groups is 2. The molecule has 0 amide bonds. The van der Waals surface area contributed by atoms with Crippen molar-refractivity contribution in [2.24, 2.45) is 0 Å². The molecule has 0 spiro atoms. The quantitative estimate of drug-likeness (QED) is 0.466. The van der Waals surface area contributed by atoms with E-state index in [0.717, 1.165) is 0 Å². The Morgan fingerprint density at radius 2 is 1.73 bits per heavy atom. The Morgan fingerprint density at radius 3 is 2.20 bits per heavy atom. The molecule has 0 saturated carbocycles. The maximum absolute atomic E-state index is 10.6. The zero-order valence-corrected chi connectivity index (χ0v) is 10.5. The molecule has 1 aromatic rings. The molecule has 0 saturated heterocycles. The van der Waals surface area contributed by atoms with E-state index in [9.17, 15) is 9.59 Å². The average molecular weight is 396 g/mol. The van der Waals surface area contributed by atoms with Crippen LogP contribution in [-0.4, -0.2) is 17.0 Å². The largest absolute Gasteiger partial charge is 0.478 e. The number of carboxylic acids is 1. The van der Waals surface area contributed by atoms with Gasteiger partial charge in [-0.25, -0.2) is 4.79 Å². The summed E-state index contributed by atoms with van der Waals surface area (Å²) < 4.78 is 4.69. The molecule has 0 heterocycles. The number of esters is 1. The van der Waals surface area contributed by atoms with Crippen molar-refractivity contribution < 1.29 is 64.2 Å². The summed E-state index contributed by atoms with van der Waals surface area (Å²) in [6.07, 6.45) is 0. The summed E-state index contributed by atoms with van der Waals surface area (Å²) in [7, 11) is 0. The molecule has 0 fully saturated rings. The molecule has 2 radical (unpaired) electrons. The summed E-state index contributed by atoms with van der Waals surface area (Å²) in [5, 5.41) is 8.69. The first-order valence-electron chi connectivity index (χ1n) is 3.62. The third-order valence-corrected chi connectivity index (χ3v) is 1.37. The zero-order chi connectivity index (χ0) is 9.84. The summed E-state index contributed by atoms with van der Waals surface area (Å²) in [6.45, 7) is 1.22. The number of rotatable bonds is 2. The number of carboxylic acid groups (broad SMARTS) is 1. The van der Waals surface area contributed by atoms with Crippen LogP contribution in [0.4, 0.5) is 0 Å². The van der Waals surface area contributed by atoms with Gasteiger partial charge in [0.25, 0.3) is 0 Å². The normalized spacial score (nSPS) is 8.07. The second-order valence-corrected chi connectivity index (χ2v) is 2.39. The SMILES string of the molecule is CC(=O)Oc1ccccc1C(=O)O.[Ag].[Ag]. The summed E-state index contributed by atoms with van der Waals surface area (Å²) >= 11 is 0. The van der Waals surface area contributed by atoms with Crippen LogP contribution in [0.25, 0.3) is 0 Å². The molecule has 0 aliphatic heterocycles. The van der Waals surface area contributed by atoms with Crippen LogP contribution in [0, 0.1) is 0 Å². The minimum absolute atomic E-state index is 0. The van der Waals surface area contributed by atoms with Gasteiger partial charge >= 0.3 is 11.9 Å². The van der Waals surface area contributed by atoms with Gasteiger partial charge in [0, 0.05) is 51.7 Å². The molecule has 1 rings (SSSR count). The van der Waals surface area contributed by atoms with E-state index in [4.69, 9.17) is 5.11 Å². The van der Waals surface area contributed by atoms with E-state index < -0.39 is 11.9 Å². The number of hydrogen-bond donors (Lipinski definition) is 1. The summed E-state index contributed by atoms with van der Waals surface area (Å²) in [6, 6.07) is 5.98. The first-order chi connectivity index (χ1) is 6.11. The van der Waals surface area contributed by atoms with Gasteiger partial charge in [0.15, 0.2) is 0 Å². The van der Waals surface area contributed by atoms with E-state index in [2.05, 4.69) is 4.74 Å². The molecule has 15 heavy (non-hydrogen) atoms. The van der Waals surface area contributed by atoms with Crippen molar-refractivity contribution in [3.63, 3.8) is 0 Å². The second-order valence-electron chi connectivity index (χ2n) is 2.39. The Morgan fingerprint density at radius 1 is 1.20 bits per heavy atom. The van der Waals surface area contributed by atoms with Crippen molar-refractivity contribution >= 4 is 11.9 Å². The molecule has 0 aliphatic rings. The number of benzene rings is 1. The number of para-hydroxylation sites is 1. The van der Waals surface area contributed by atoms with Crippen LogP contribution in [0.3, 0.4) is 0 Å². The Hall–Kier alpha value is -0.359. The molecule has 1 aromatic carbocycles. The van der Waals surface area contributed by atoms with Gasteiger partial charge in [-0.15, -0.1) is 0 Å². The third-order valence-electron chi connectivity index (χ3n) is 1.37. The Kier molecular flexibility index (Phi) is 8.95. The minimum Gasteiger partial charge on any atom is -0.478 e. The van der Waals surface area contributed by atoms with Gasteiger partial charge in [0.2, 0.25) is 0 Å². The number of hydrogen-bond acceptors (Lipinski definition) is 3. The molecule has 0 atom stereocenters. The summed E-state index contributed by atoms with van der Waals surface area (Å²) in [4.78, 5) is 21.2. The first-order valence-corrected chi connectivity index (χ1v) is 3.62. The van der Waals surface area contributed by atoms with E-state index in [1.54, 1.807) is 12.1 Å². The Bertz CT molecular complexity index is 352. The molecule has 0 aliphatic carbocycles. The predicted molar refractivity (Wildman–Crippen MR) is 44.7 cm³/mol. The number of ether oxygens (including phenoxy) is 1. The average Bonchev–Trinajstić information content (AvgIpc) is 2.03. The van der Waals surface area contributed by atoms with E-state index >= 15 is 0 Å². The Labute approximate surface area is 118 Å². The second kappa shape index (κ2) is 7.87. The van der Waals surface area contributed by atoms with Gasteiger partial charge in [-0.2, -0.15) is 0 Å². The van der Waals surface area contributed by atoms with Crippen molar-refractivity contribution in [3.05, 3.63) is 29.8 Å². The number of aromatic carboxylic acids is 1. The molecular formula is C9H8Ag2O4. The van der Waals surface area contributed by atoms with Crippen LogP contribution in [0.15, 0.2) is 24.3 Å². The van der Waals surface area contributed by atoms with Crippen molar-refractivity contribution in [1.29, 1.82) is 0 Å². The van der Waals surface area contributed by atoms with Crippen molar-refractivity contribution in [1.82, 2.24) is 0 Å². The molecule has 1 N–H and O–H groups in total. The monoisotopic (exact) mass is 394 g/mol. The number of carbonyl (C=O) groups excluding carboxylic acids is 1. The molecule has 4 nitrogen and oxygen atoms in total. The van der Waals surface area contributed by atoms with E-state index in [-0.39, 0.29) is 56.1 Å². The van der Waals surface area contributed by atoms with Gasteiger partial charge in [0.1, 0.15) is 11.3 Å². The van der Waals surface area contributed by atoms with Crippen LogP contribution >= 0.6 is 0 Å². The van der Waals surface area contributed by atoms with Crippen LogP contribution < -0.4 is 4.74 Å². The smallest absolute Gasteiger partial charge is 0.339 e. The van der Waals surface area contributed by atoms with Crippen molar-refractivity contribution in [3.8, 4) is 5.75 Å². The van der Waals surface area contributed by atoms with E-state index in [1.807, 2.05) is 0 Å². The molecule has 6 heteroatoms. The van der Waals surface area contributed by atoms with E-state index in [0.29, 0.717) is 0 Å². The van der Waals surface area contributed by atoms with Crippen molar-refractivity contribution in [2.45, 2.75) is 6.92 Å². The van der Waals surface area contributed by atoms with Gasteiger partial charge < -0.3 is 9.84 Å². The molecular weight excluding hydrogens is 388 g/mol. The van der Waals surface area contributed by atoms with E-state index in [1.165, 1.54) is 19.1 Å². The third kappa shape index (κ3) is 5.32. The fourth-order valence-corrected chi connectivity index (χ4v) is 0.887. The van der Waals surface area contributed by atoms with Gasteiger partial charge in [-0.1, -0.05) is 12.1 Å². The van der Waals surface area contributed by atoms with Crippen LogP contribution in [0.2, 0.25) is 0 Å². The maximum atomic E-state index is 10.6. The zero-order valence-electron chi connectivity index (χ0n) is 7.58. The van der Waals surface area contributed by atoms with Crippen molar-refractivity contribution in [2.75, 3.05) is 0 Å².